The summed E-state index contributed by atoms with van der Waals surface area (Å²) in [5, 5.41) is 0. The van der Waals surface area contributed by atoms with Gasteiger partial charge in [-0.05, 0) is 76.4 Å². The zero-order valence-corrected chi connectivity index (χ0v) is 18.5. The third kappa shape index (κ3) is 4.56. The van der Waals surface area contributed by atoms with Gasteiger partial charge in [-0.1, -0.05) is 17.7 Å². The molecule has 1 aliphatic rings. The first kappa shape index (κ1) is 22.0. The van der Waals surface area contributed by atoms with Gasteiger partial charge in [0.15, 0.2) is 5.78 Å². The van der Waals surface area contributed by atoms with E-state index in [9.17, 15) is 18.0 Å². The molecule has 0 N–H and O–H groups in total. The molecule has 30 heavy (non-hydrogen) atoms. The van der Waals surface area contributed by atoms with Crippen molar-refractivity contribution in [2.75, 3.05) is 17.4 Å². The lowest BCUT2D eigenvalue weighted by molar-refractivity contribution is -0.132. The fourth-order valence-corrected chi connectivity index (χ4v) is 5.33. The highest BCUT2D eigenvalue weighted by Crippen LogP contribution is 2.28. The quantitative estimate of drug-likeness (QED) is 0.656. The van der Waals surface area contributed by atoms with Crippen LogP contribution in [-0.2, 0) is 14.8 Å². The predicted octanol–water partition coefficient (Wildman–Crippen LogP) is 3.79. The SMILES string of the molecule is CC(=O)c1ccc(N([C@H](C)C(=O)N2CCCCC2)S(=O)(=O)c2ccc(C)cc2)cc1. The van der Waals surface area contributed by atoms with Crippen molar-refractivity contribution in [1.29, 1.82) is 0 Å². The summed E-state index contributed by atoms with van der Waals surface area (Å²) < 4.78 is 28.3. The van der Waals surface area contributed by atoms with Crippen LogP contribution in [0.4, 0.5) is 5.69 Å². The van der Waals surface area contributed by atoms with Crippen molar-refractivity contribution >= 4 is 27.4 Å². The average Bonchev–Trinajstić information content (AvgIpc) is 2.74. The Morgan fingerprint density at radius 1 is 0.933 bits per heavy atom. The molecule has 3 rings (SSSR count). The van der Waals surface area contributed by atoms with Gasteiger partial charge in [0.1, 0.15) is 6.04 Å². The van der Waals surface area contributed by atoms with E-state index in [0.29, 0.717) is 24.3 Å². The smallest absolute Gasteiger partial charge is 0.265 e. The van der Waals surface area contributed by atoms with Gasteiger partial charge in [0, 0.05) is 18.7 Å². The standard InChI is InChI=1S/C23H28N2O4S/c1-17-7-13-22(14-8-17)30(28,29)25(21-11-9-20(10-12-21)19(3)26)18(2)23(27)24-15-5-4-6-16-24/h7-14,18H,4-6,15-16H2,1-3H3/t18-/m1/s1. The summed E-state index contributed by atoms with van der Waals surface area (Å²) in [4.78, 5) is 26.7. The third-order valence-corrected chi connectivity index (χ3v) is 7.40. The van der Waals surface area contributed by atoms with E-state index in [2.05, 4.69) is 0 Å². The Kier molecular flexibility index (Phi) is 6.61. The Bertz CT molecular complexity index is 1010. The van der Waals surface area contributed by atoms with E-state index in [0.717, 1.165) is 24.8 Å². The molecule has 2 aromatic carbocycles. The summed E-state index contributed by atoms with van der Waals surface area (Å²) in [6.45, 7) is 6.26. The van der Waals surface area contributed by atoms with E-state index in [1.807, 2.05) is 6.92 Å². The number of carbonyl (C=O) groups is 2. The number of piperidine rings is 1. The zero-order chi connectivity index (χ0) is 21.9. The number of sulfonamides is 1. The van der Waals surface area contributed by atoms with Gasteiger partial charge in [0.05, 0.1) is 10.6 Å². The number of ketones is 1. The molecule has 6 nitrogen and oxygen atoms in total. The Morgan fingerprint density at radius 3 is 2.03 bits per heavy atom. The second-order valence-electron chi connectivity index (χ2n) is 7.78. The number of anilines is 1. The number of nitrogens with zero attached hydrogens (tertiary/aromatic N) is 2. The highest BCUT2D eigenvalue weighted by molar-refractivity contribution is 7.92. The molecule has 1 saturated heterocycles. The largest absolute Gasteiger partial charge is 0.341 e. The predicted molar refractivity (Wildman–Crippen MR) is 117 cm³/mol. The number of hydrogen-bond donors (Lipinski definition) is 0. The van der Waals surface area contributed by atoms with Gasteiger partial charge in [-0.25, -0.2) is 8.42 Å². The van der Waals surface area contributed by atoms with Crippen LogP contribution in [0.5, 0.6) is 0 Å². The number of aryl methyl sites for hydroxylation is 1. The average molecular weight is 429 g/mol. The lowest BCUT2D eigenvalue weighted by atomic mass is 10.1. The first-order chi connectivity index (χ1) is 14.2. The highest BCUT2D eigenvalue weighted by atomic mass is 32.2. The van der Waals surface area contributed by atoms with Crippen molar-refractivity contribution in [2.24, 2.45) is 0 Å². The molecular formula is C23H28N2O4S. The molecule has 0 spiro atoms. The van der Waals surface area contributed by atoms with Crippen LogP contribution >= 0.6 is 0 Å². The first-order valence-electron chi connectivity index (χ1n) is 10.2. The number of rotatable bonds is 6. The van der Waals surface area contributed by atoms with Gasteiger partial charge in [-0.2, -0.15) is 0 Å². The van der Waals surface area contributed by atoms with Crippen LogP contribution in [-0.4, -0.2) is 44.1 Å². The number of carbonyl (C=O) groups excluding carboxylic acids is 2. The van der Waals surface area contributed by atoms with Crippen molar-refractivity contribution in [3.8, 4) is 0 Å². The zero-order valence-electron chi connectivity index (χ0n) is 17.7. The van der Waals surface area contributed by atoms with E-state index < -0.39 is 16.1 Å². The normalized spacial score (nSPS) is 15.5. The summed E-state index contributed by atoms with van der Waals surface area (Å²) in [7, 11) is -3.99. The van der Waals surface area contributed by atoms with Gasteiger partial charge < -0.3 is 4.90 Å². The van der Waals surface area contributed by atoms with Crippen LogP contribution in [0.25, 0.3) is 0 Å². The number of hydrogen-bond acceptors (Lipinski definition) is 4. The number of benzene rings is 2. The van der Waals surface area contributed by atoms with Crippen molar-refractivity contribution in [1.82, 2.24) is 4.90 Å². The number of amides is 1. The number of Topliss-reactive ketones (excluding diaryl/α,β-unsaturated/α-hetero) is 1. The number of likely N-dealkylation sites (tertiary alicyclic amines) is 1. The van der Waals surface area contributed by atoms with E-state index in [1.54, 1.807) is 60.4 Å². The second kappa shape index (κ2) is 9.00. The van der Waals surface area contributed by atoms with E-state index >= 15 is 0 Å². The molecule has 0 aromatic heterocycles. The fraction of sp³-hybridized carbons (Fsp3) is 0.391. The van der Waals surface area contributed by atoms with Crippen molar-refractivity contribution in [3.63, 3.8) is 0 Å². The first-order valence-corrected chi connectivity index (χ1v) is 11.7. The molecule has 0 unspecified atom stereocenters. The highest BCUT2D eigenvalue weighted by Gasteiger charge is 2.35. The van der Waals surface area contributed by atoms with Crippen LogP contribution in [0.3, 0.4) is 0 Å². The Morgan fingerprint density at radius 2 is 1.50 bits per heavy atom. The van der Waals surface area contributed by atoms with E-state index in [1.165, 1.54) is 11.2 Å². The minimum Gasteiger partial charge on any atom is -0.341 e. The molecule has 0 bridgehead atoms. The Balaban J connectivity index is 2.04. The lowest BCUT2D eigenvalue weighted by Gasteiger charge is -2.35. The topological polar surface area (TPSA) is 74.8 Å². The summed E-state index contributed by atoms with van der Waals surface area (Å²) in [5.41, 5.74) is 1.80. The maximum atomic E-state index is 13.6. The molecule has 7 heteroatoms. The minimum atomic E-state index is -3.99. The van der Waals surface area contributed by atoms with Gasteiger partial charge in [-0.3, -0.25) is 13.9 Å². The van der Waals surface area contributed by atoms with Gasteiger partial charge in [0.2, 0.25) is 5.91 Å². The molecule has 2 aromatic rings. The van der Waals surface area contributed by atoms with E-state index in [4.69, 9.17) is 0 Å². The summed E-state index contributed by atoms with van der Waals surface area (Å²) >= 11 is 0. The Hall–Kier alpha value is -2.67. The molecule has 1 fully saturated rings. The van der Waals surface area contributed by atoms with Gasteiger partial charge in [0.25, 0.3) is 10.0 Å². The second-order valence-corrected chi connectivity index (χ2v) is 9.59. The summed E-state index contributed by atoms with van der Waals surface area (Å²) in [6, 6.07) is 12.0. The molecule has 0 saturated carbocycles. The third-order valence-electron chi connectivity index (χ3n) is 5.48. The van der Waals surface area contributed by atoms with Gasteiger partial charge in [-0.15, -0.1) is 0 Å². The monoisotopic (exact) mass is 428 g/mol. The minimum absolute atomic E-state index is 0.105. The van der Waals surface area contributed by atoms with Gasteiger partial charge >= 0.3 is 0 Å². The molecule has 160 valence electrons. The van der Waals surface area contributed by atoms with Crippen LogP contribution in [0.15, 0.2) is 53.4 Å². The molecule has 1 amide bonds. The van der Waals surface area contributed by atoms with Crippen LogP contribution < -0.4 is 4.31 Å². The lowest BCUT2D eigenvalue weighted by Crippen LogP contribution is -2.50. The van der Waals surface area contributed by atoms with Crippen LogP contribution in [0, 0.1) is 6.92 Å². The fourth-order valence-electron chi connectivity index (χ4n) is 3.72. The molecular weight excluding hydrogens is 400 g/mol. The summed E-state index contributed by atoms with van der Waals surface area (Å²) in [6.07, 6.45) is 2.93. The molecule has 1 heterocycles. The van der Waals surface area contributed by atoms with Crippen molar-refractivity contribution in [2.45, 2.75) is 51.0 Å². The molecule has 1 aliphatic heterocycles. The molecule has 1 atom stereocenters. The maximum absolute atomic E-state index is 13.6. The van der Waals surface area contributed by atoms with E-state index in [-0.39, 0.29) is 16.6 Å². The van der Waals surface area contributed by atoms with Crippen LogP contribution in [0.1, 0.15) is 49.0 Å². The van der Waals surface area contributed by atoms with Crippen molar-refractivity contribution < 1.29 is 18.0 Å². The summed E-state index contributed by atoms with van der Waals surface area (Å²) in [5.74, 6) is -0.312. The molecule has 0 aliphatic carbocycles. The van der Waals surface area contributed by atoms with Crippen molar-refractivity contribution in [3.05, 3.63) is 59.7 Å². The molecule has 0 radical (unpaired) electrons. The van der Waals surface area contributed by atoms with Crippen LogP contribution in [0.2, 0.25) is 0 Å². The maximum Gasteiger partial charge on any atom is 0.265 e. The Labute approximate surface area is 178 Å².